The summed E-state index contributed by atoms with van der Waals surface area (Å²) in [7, 11) is -0.606. The minimum Gasteiger partial charge on any atom is -0.465 e. The number of likely N-dealkylation sites (tertiary alicyclic amines) is 1. The Kier molecular flexibility index (Phi) is 6.01. The van der Waals surface area contributed by atoms with Gasteiger partial charge in [-0.3, -0.25) is 4.79 Å². The highest BCUT2D eigenvalue weighted by Crippen LogP contribution is 2.30. The Morgan fingerprint density at radius 1 is 1.16 bits per heavy atom. The second-order valence-corrected chi connectivity index (χ2v) is 9.63. The van der Waals surface area contributed by atoms with Gasteiger partial charge in [0.2, 0.25) is 5.91 Å². The molecular formula is C23H25N3O5S. The molecule has 32 heavy (non-hydrogen) atoms. The fourth-order valence-corrected chi connectivity index (χ4v) is 5.44. The number of benzene rings is 2. The maximum Gasteiger partial charge on any atom is 0.337 e. The number of hydrogen-bond donors (Lipinski definition) is 0. The highest BCUT2D eigenvalue weighted by Gasteiger charge is 2.35. The van der Waals surface area contributed by atoms with Crippen molar-refractivity contribution in [2.75, 3.05) is 27.2 Å². The zero-order valence-electron chi connectivity index (χ0n) is 18.0. The van der Waals surface area contributed by atoms with E-state index < -0.39 is 16.0 Å². The lowest BCUT2D eigenvalue weighted by Gasteiger charge is -2.35. The van der Waals surface area contributed by atoms with Crippen molar-refractivity contribution in [2.45, 2.75) is 24.3 Å². The Morgan fingerprint density at radius 3 is 2.59 bits per heavy atom. The molecule has 0 saturated carbocycles. The number of piperidine rings is 1. The molecule has 1 saturated heterocycles. The normalized spacial score (nSPS) is 19.1. The summed E-state index contributed by atoms with van der Waals surface area (Å²) in [6, 6.07) is 13.8. The lowest BCUT2D eigenvalue weighted by Crippen LogP contribution is -2.45. The van der Waals surface area contributed by atoms with Crippen molar-refractivity contribution < 1.29 is 22.7 Å². The molecule has 0 radical (unpaired) electrons. The van der Waals surface area contributed by atoms with E-state index in [4.69, 9.17) is 4.74 Å². The Morgan fingerprint density at radius 2 is 1.88 bits per heavy atom. The molecule has 0 bridgehead atoms. The van der Waals surface area contributed by atoms with Crippen LogP contribution in [0.4, 0.5) is 0 Å². The van der Waals surface area contributed by atoms with E-state index in [1.807, 2.05) is 4.90 Å². The zero-order chi connectivity index (χ0) is 22.9. The summed E-state index contributed by atoms with van der Waals surface area (Å²) in [5.74, 6) is -0.219. The Hall–Kier alpha value is -3.20. The van der Waals surface area contributed by atoms with E-state index in [1.54, 1.807) is 60.5 Å². The summed E-state index contributed by atoms with van der Waals surface area (Å²) in [6.07, 6.45) is 1.52. The first-order chi connectivity index (χ1) is 15.3. The molecule has 1 atom stereocenters. The molecule has 1 fully saturated rings. The highest BCUT2D eigenvalue weighted by atomic mass is 32.2. The smallest absolute Gasteiger partial charge is 0.337 e. The van der Waals surface area contributed by atoms with Crippen LogP contribution in [0.2, 0.25) is 0 Å². The summed E-state index contributed by atoms with van der Waals surface area (Å²) in [5.41, 5.74) is 1.96. The largest absolute Gasteiger partial charge is 0.465 e. The van der Waals surface area contributed by atoms with Crippen LogP contribution in [0.15, 0.2) is 57.8 Å². The lowest BCUT2D eigenvalue weighted by atomic mass is 9.95. The molecule has 4 rings (SSSR count). The number of rotatable bonds is 4. The predicted molar refractivity (Wildman–Crippen MR) is 119 cm³/mol. The zero-order valence-corrected chi connectivity index (χ0v) is 18.8. The first kappa shape index (κ1) is 22.0. The van der Waals surface area contributed by atoms with Gasteiger partial charge in [-0.25, -0.2) is 4.79 Å². The molecule has 1 amide bonds. The number of amidine groups is 1. The van der Waals surface area contributed by atoms with Crippen LogP contribution in [0.1, 0.15) is 34.3 Å². The minimum absolute atomic E-state index is 0.00137. The van der Waals surface area contributed by atoms with Gasteiger partial charge in [-0.05, 0) is 42.7 Å². The van der Waals surface area contributed by atoms with Crippen molar-refractivity contribution in [1.29, 1.82) is 0 Å². The fourth-order valence-electron chi connectivity index (χ4n) is 4.22. The molecule has 0 spiro atoms. The number of carbonyl (C=O) groups is 2. The molecule has 8 nitrogen and oxygen atoms in total. The standard InChI is InChI=1S/C23H25N3O5S/c1-25(14-16-9-11-17(12-10-16)23(28)31-2)22(27)18-6-5-13-26(15-18)21-19-7-3-4-8-20(19)32(29,30)24-21/h3-4,7-12,18H,5-6,13-15H2,1-2H3/t18-/m0/s1. The first-order valence-corrected chi connectivity index (χ1v) is 11.9. The van der Waals surface area contributed by atoms with Gasteiger partial charge in [-0.1, -0.05) is 24.3 Å². The van der Waals surface area contributed by atoms with E-state index in [2.05, 4.69) is 4.40 Å². The van der Waals surface area contributed by atoms with Crippen molar-refractivity contribution >= 4 is 27.7 Å². The predicted octanol–water partition coefficient (Wildman–Crippen LogP) is 2.29. The van der Waals surface area contributed by atoms with Gasteiger partial charge in [0.05, 0.1) is 18.6 Å². The third kappa shape index (κ3) is 4.25. The molecule has 9 heteroatoms. The van der Waals surface area contributed by atoms with E-state index in [9.17, 15) is 18.0 Å². The van der Waals surface area contributed by atoms with Gasteiger partial charge in [0, 0.05) is 32.2 Å². The van der Waals surface area contributed by atoms with Gasteiger partial charge in [0.25, 0.3) is 10.0 Å². The molecule has 0 aromatic heterocycles. The second kappa shape index (κ2) is 8.74. The Balaban J connectivity index is 1.44. The van der Waals surface area contributed by atoms with E-state index in [0.29, 0.717) is 36.6 Å². The fraction of sp³-hybridized carbons (Fsp3) is 0.348. The number of esters is 1. The van der Waals surface area contributed by atoms with Crippen LogP contribution in [-0.4, -0.2) is 63.2 Å². The average molecular weight is 456 g/mol. The average Bonchev–Trinajstić information content (AvgIpc) is 3.09. The number of hydrogen-bond acceptors (Lipinski definition) is 6. The molecular weight excluding hydrogens is 430 g/mol. The molecule has 168 valence electrons. The van der Waals surface area contributed by atoms with Crippen molar-refractivity contribution in [1.82, 2.24) is 9.80 Å². The molecule has 2 heterocycles. The number of amides is 1. The summed E-state index contributed by atoms with van der Waals surface area (Å²) in [4.78, 5) is 28.5. The molecule has 0 aliphatic carbocycles. The maximum absolute atomic E-state index is 13.1. The third-order valence-corrected chi connectivity index (χ3v) is 7.18. The van der Waals surface area contributed by atoms with E-state index in [-0.39, 0.29) is 16.7 Å². The lowest BCUT2D eigenvalue weighted by molar-refractivity contribution is -0.136. The Bertz CT molecular complexity index is 1170. The molecule has 2 aliphatic rings. The quantitative estimate of drug-likeness (QED) is 0.657. The molecule has 2 aromatic carbocycles. The minimum atomic E-state index is -3.69. The van der Waals surface area contributed by atoms with Gasteiger partial charge in [0.15, 0.2) is 5.84 Å². The van der Waals surface area contributed by atoms with Crippen LogP contribution in [-0.2, 0) is 26.1 Å². The first-order valence-electron chi connectivity index (χ1n) is 10.4. The molecule has 2 aromatic rings. The highest BCUT2D eigenvalue weighted by molar-refractivity contribution is 7.90. The molecule has 0 unspecified atom stereocenters. The van der Waals surface area contributed by atoms with Crippen LogP contribution in [0, 0.1) is 5.92 Å². The van der Waals surface area contributed by atoms with Gasteiger partial charge >= 0.3 is 5.97 Å². The van der Waals surface area contributed by atoms with Crippen LogP contribution in [0.3, 0.4) is 0 Å². The van der Waals surface area contributed by atoms with Crippen molar-refractivity contribution in [3.05, 3.63) is 65.2 Å². The van der Waals surface area contributed by atoms with Crippen LogP contribution in [0.25, 0.3) is 0 Å². The van der Waals surface area contributed by atoms with Gasteiger partial charge in [0.1, 0.15) is 4.90 Å². The summed E-state index contributed by atoms with van der Waals surface area (Å²) >= 11 is 0. The van der Waals surface area contributed by atoms with Crippen molar-refractivity contribution in [3.8, 4) is 0 Å². The number of nitrogens with zero attached hydrogens (tertiary/aromatic N) is 3. The maximum atomic E-state index is 13.1. The number of ether oxygens (including phenoxy) is 1. The summed E-state index contributed by atoms with van der Waals surface area (Å²) in [5, 5.41) is 0. The van der Waals surface area contributed by atoms with Crippen LogP contribution < -0.4 is 0 Å². The number of carbonyl (C=O) groups excluding carboxylic acids is 2. The summed E-state index contributed by atoms with van der Waals surface area (Å²) in [6.45, 7) is 1.49. The van der Waals surface area contributed by atoms with E-state index >= 15 is 0 Å². The second-order valence-electron chi connectivity index (χ2n) is 8.05. The third-order valence-electron chi connectivity index (χ3n) is 5.85. The molecule has 0 N–H and O–H groups in total. The van der Waals surface area contributed by atoms with Crippen molar-refractivity contribution in [2.24, 2.45) is 10.3 Å². The van der Waals surface area contributed by atoms with Crippen LogP contribution in [0.5, 0.6) is 0 Å². The van der Waals surface area contributed by atoms with E-state index in [0.717, 1.165) is 18.4 Å². The van der Waals surface area contributed by atoms with Gasteiger partial charge < -0.3 is 14.5 Å². The number of sulfonamides is 1. The van der Waals surface area contributed by atoms with Crippen LogP contribution >= 0.6 is 0 Å². The topological polar surface area (TPSA) is 96.3 Å². The number of fused-ring (bicyclic) bond motifs is 1. The SMILES string of the molecule is COC(=O)c1ccc(CN(C)C(=O)[C@H]2CCCN(C3=NS(=O)(=O)c4ccccc43)C2)cc1. The van der Waals surface area contributed by atoms with Gasteiger partial charge in [-0.15, -0.1) is 4.40 Å². The molecule has 2 aliphatic heterocycles. The number of methoxy groups -OCH3 is 1. The Labute approximate surface area is 187 Å². The van der Waals surface area contributed by atoms with Crippen molar-refractivity contribution in [3.63, 3.8) is 0 Å². The van der Waals surface area contributed by atoms with E-state index in [1.165, 1.54) is 7.11 Å². The van der Waals surface area contributed by atoms with Gasteiger partial charge in [-0.2, -0.15) is 8.42 Å². The monoisotopic (exact) mass is 455 g/mol. The summed E-state index contributed by atoms with van der Waals surface area (Å²) < 4.78 is 33.5.